The number of amides is 1. The van der Waals surface area contributed by atoms with Crippen LogP contribution in [0.5, 0.6) is 0 Å². The fourth-order valence-electron chi connectivity index (χ4n) is 6.45. The van der Waals surface area contributed by atoms with Gasteiger partial charge in [0, 0.05) is 32.6 Å². The lowest BCUT2D eigenvalue weighted by atomic mass is 9.67. The second-order valence-electron chi connectivity index (χ2n) is 11.1. The molecule has 0 N–H and O–H groups in total. The third-order valence-electron chi connectivity index (χ3n) is 8.62. The van der Waals surface area contributed by atoms with Gasteiger partial charge in [0.25, 0.3) is 0 Å². The molecule has 5 heteroatoms. The predicted molar refractivity (Wildman–Crippen MR) is 167 cm³/mol. The Morgan fingerprint density at radius 1 is 0.558 bits per heavy atom. The molecule has 0 radical (unpaired) electrons. The van der Waals surface area contributed by atoms with Crippen LogP contribution < -0.4 is 0 Å². The summed E-state index contributed by atoms with van der Waals surface area (Å²) in [5.41, 5.74) is 4.45. The molecule has 0 unspecified atom stereocenters. The van der Waals surface area contributed by atoms with Crippen molar-refractivity contribution in [2.75, 3.05) is 26.2 Å². The van der Waals surface area contributed by atoms with E-state index in [1.54, 1.807) is 24.3 Å². The van der Waals surface area contributed by atoms with Crippen LogP contribution in [0.2, 0.25) is 0 Å². The van der Waals surface area contributed by atoms with Crippen molar-refractivity contribution in [2.24, 2.45) is 0 Å². The first kappa shape index (κ1) is 28.5. The number of nitrogens with zero attached hydrogens (tertiary/aromatic N) is 2. The summed E-state index contributed by atoms with van der Waals surface area (Å²) in [6.07, 6.45) is 0.296. The quantitative estimate of drug-likeness (QED) is 0.179. The molecule has 5 aromatic carbocycles. The van der Waals surface area contributed by atoms with Crippen molar-refractivity contribution in [2.45, 2.75) is 17.9 Å². The van der Waals surface area contributed by atoms with Gasteiger partial charge in [-0.25, -0.2) is 8.78 Å². The van der Waals surface area contributed by atoms with E-state index < -0.39 is 5.41 Å². The Kier molecular flexibility index (Phi) is 8.43. The van der Waals surface area contributed by atoms with Crippen molar-refractivity contribution in [1.82, 2.24) is 9.80 Å². The minimum atomic E-state index is -0.650. The molecule has 1 saturated heterocycles. The molecule has 1 fully saturated rings. The van der Waals surface area contributed by atoms with Gasteiger partial charge >= 0.3 is 0 Å². The molecule has 0 bridgehead atoms. The number of piperazine rings is 1. The Hall–Kier alpha value is -4.61. The summed E-state index contributed by atoms with van der Waals surface area (Å²) < 4.78 is 27.6. The summed E-state index contributed by atoms with van der Waals surface area (Å²) in [6, 6.07) is 43.7. The lowest BCUT2D eigenvalue weighted by Gasteiger charge is -2.42. The fraction of sp³-hybridized carbons (Fsp3) is 0.184. The van der Waals surface area contributed by atoms with E-state index in [0.717, 1.165) is 27.8 Å². The first-order valence-electron chi connectivity index (χ1n) is 14.7. The third-order valence-corrected chi connectivity index (χ3v) is 8.62. The maximum Gasteiger partial charge on any atom is 0.224 e. The molecule has 0 aliphatic carbocycles. The SMILES string of the molecule is O=C(CC(c1ccccc1)(c1ccccc1)c1ccccc1)N1CCN(C(c2ccc(F)cc2)c2ccc(F)cc2)CC1. The molecular formula is C38H34F2N2O. The van der Waals surface area contributed by atoms with Crippen LogP contribution in [0.15, 0.2) is 140 Å². The molecular weight excluding hydrogens is 538 g/mol. The average Bonchev–Trinajstić information content (AvgIpc) is 3.07. The van der Waals surface area contributed by atoms with E-state index in [2.05, 4.69) is 41.3 Å². The standard InChI is InChI=1S/C38H34F2N2O/c39-34-20-16-29(17-21-34)37(30-18-22-35(40)23-19-30)42-26-24-41(25-27-42)36(43)28-38(31-10-4-1-5-11-31,32-12-6-2-7-13-32)33-14-8-3-9-15-33/h1-23,37H,24-28H2. The van der Waals surface area contributed by atoms with Crippen LogP contribution in [0, 0.1) is 11.6 Å². The van der Waals surface area contributed by atoms with Gasteiger partial charge < -0.3 is 4.90 Å². The zero-order valence-corrected chi connectivity index (χ0v) is 24.0. The highest BCUT2D eigenvalue weighted by Gasteiger charge is 2.40. The van der Waals surface area contributed by atoms with Crippen LogP contribution in [0.25, 0.3) is 0 Å². The molecule has 0 saturated carbocycles. The van der Waals surface area contributed by atoms with E-state index in [0.29, 0.717) is 32.6 Å². The van der Waals surface area contributed by atoms with E-state index in [4.69, 9.17) is 0 Å². The summed E-state index contributed by atoms with van der Waals surface area (Å²) in [5.74, 6) is -0.497. The van der Waals surface area contributed by atoms with Gasteiger partial charge in [0.15, 0.2) is 0 Å². The highest BCUT2D eigenvalue weighted by molar-refractivity contribution is 5.80. The lowest BCUT2D eigenvalue weighted by molar-refractivity contribution is -0.134. The molecule has 1 amide bonds. The molecule has 1 aliphatic rings. The van der Waals surface area contributed by atoms with Crippen LogP contribution in [-0.4, -0.2) is 41.9 Å². The molecule has 6 rings (SSSR count). The van der Waals surface area contributed by atoms with E-state index >= 15 is 0 Å². The van der Waals surface area contributed by atoms with Crippen LogP contribution in [0.1, 0.15) is 40.3 Å². The number of carbonyl (C=O) groups excluding carboxylic acids is 1. The molecule has 0 atom stereocenters. The summed E-state index contributed by atoms with van der Waals surface area (Å²) >= 11 is 0. The molecule has 0 aromatic heterocycles. The summed E-state index contributed by atoms with van der Waals surface area (Å²) in [5, 5.41) is 0. The van der Waals surface area contributed by atoms with Gasteiger partial charge in [0.05, 0.1) is 11.5 Å². The summed E-state index contributed by atoms with van der Waals surface area (Å²) in [7, 11) is 0. The van der Waals surface area contributed by atoms with Crippen LogP contribution in [0.3, 0.4) is 0 Å². The number of carbonyl (C=O) groups is 1. The number of halogens is 2. The monoisotopic (exact) mass is 572 g/mol. The van der Waals surface area contributed by atoms with E-state index in [1.165, 1.54) is 24.3 Å². The molecule has 1 heterocycles. The van der Waals surface area contributed by atoms with Crippen LogP contribution in [0.4, 0.5) is 8.78 Å². The molecule has 5 aromatic rings. The van der Waals surface area contributed by atoms with Gasteiger partial charge in [0.2, 0.25) is 5.91 Å². The number of benzene rings is 5. The zero-order chi connectivity index (χ0) is 29.6. The van der Waals surface area contributed by atoms with Crippen molar-refractivity contribution >= 4 is 5.91 Å². The second kappa shape index (κ2) is 12.7. The molecule has 0 spiro atoms. The minimum absolute atomic E-state index is 0.0938. The van der Waals surface area contributed by atoms with Gasteiger partial charge in [-0.1, -0.05) is 115 Å². The number of hydrogen-bond donors (Lipinski definition) is 0. The Morgan fingerprint density at radius 3 is 1.30 bits per heavy atom. The second-order valence-corrected chi connectivity index (χ2v) is 11.1. The van der Waals surface area contributed by atoms with Crippen molar-refractivity contribution in [3.05, 3.63) is 179 Å². The van der Waals surface area contributed by atoms with Gasteiger partial charge in [-0.3, -0.25) is 9.69 Å². The van der Waals surface area contributed by atoms with Crippen molar-refractivity contribution in [3.8, 4) is 0 Å². The predicted octanol–water partition coefficient (Wildman–Crippen LogP) is 7.62. The third kappa shape index (κ3) is 5.99. The van der Waals surface area contributed by atoms with Gasteiger partial charge in [-0.2, -0.15) is 0 Å². The zero-order valence-electron chi connectivity index (χ0n) is 24.0. The Labute approximate surface area is 252 Å². The largest absolute Gasteiger partial charge is 0.340 e. The molecule has 3 nitrogen and oxygen atoms in total. The van der Waals surface area contributed by atoms with Crippen molar-refractivity contribution < 1.29 is 13.6 Å². The fourth-order valence-corrected chi connectivity index (χ4v) is 6.45. The molecule has 1 aliphatic heterocycles. The van der Waals surface area contributed by atoms with Crippen molar-refractivity contribution in [1.29, 1.82) is 0 Å². The topological polar surface area (TPSA) is 23.6 Å². The maximum absolute atomic E-state index is 14.2. The van der Waals surface area contributed by atoms with E-state index in [1.807, 2.05) is 59.5 Å². The highest BCUT2D eigenvalue weighted by Crippen LogP contribution is 2.43. The first-order valence-corrected chi connectivity index (χ1v) is 14.7. The van der Waals surface area contributed by atoms with Crippen molar-refractivity contribution in [3.63, 3.8) is 0 Å². The van der Waals surface area contributed by atoms with E-state index in [-0.39, 0.29) is 23.6 Å². The summed E-state index contributed by atoms with van der Waals surface area (Å²) in [4.78, 5) is 18.5. The van der Waals surface area contributed by atoms with Gasteiger partial charge in [0.1, 0.15) is 11.6 Å². The first-order chi connectivity index (χ1) is 21.0. The van der Waals surface area contributed by atoms with Crippen LogP contribution >= 0.6 is 0 Å². The normalized spacial score (nSPS) is 14.2. The van der Waals surface area contributed by atoms with Crippen LogP contribution in [-0.2, 0) is 10.2 Å². The van der Waals surface area contributed by atoms with Gasteiger partial charge in [-0.05, 0) is 52.1 Å². The lowest BCUT2D eigenvalue weighted by Crippen LogP contribution is -2.51. The minimum Gasteiger partial charge on any atom is -0.340 e. The Bertz CT molecular complexity index is 1480. The molecule has 216 valence electrons. The summed E-state index contributed by atoms with van der Waals surface area (Å²) in [6.45, 7) is 2.40. The number of rotatable bonds is 8. The number of hydrogen-bond acceptors (Lipinski definition) is 2. The maximum atomic E-state index is 14.2. The van der Waals surface area contributed by atoms with Gasteiger partial charge in [-0.15, -0.1) is 0 Å². The highest BCUT2D eigenvalue weighted by atomic mass is 19.1. The Morgan fingerprint density at radius 2 is 0.930 bits per heavy atom. The smallest absolute Gasteiger partial charge is 0.224 e. The molecule has 43 heavy (non-hydrogen) atoms. The average molecular weight is 573 g/mol. The van der Waals surface area contributed by atoms with E-state index in [9.17, 15) is 13.6 Å². The Balaban J connectivity index is 1.28.